The van der Waals surface area contributed by atoms with Crippen molar-refractivity contribution in [3.05, 3.63) is 47.3 Å². The monoisotopic (exact) mass is 225 g/mol. The topological polar surface area (TPSA) is 43.8 Å². The van der Waals surface area contributed by atoms with Crippen molar-refractivity contribution in [1.29, 1.82) is 0 Å². The molecule has 0 radical (unpaired) electrons. The van der Waals surface area contributed by atoms with Crippen LogP contribution in [0, 0.1) is 5.82 Å². The molecule has 1 aromatic carbocycles. The van der Waals surface area contributed by atoms with Gasteiger partial charge in [0.15, 0.2) is 0 Å². The summed E-state index contributed by atoms with van der Waals surface area (Å²) in [6.45, 7) is 0.298. The summed E-state index contributed by atoms with van der Waals surface area (Å²) >= 11 is 5.80. The molecule has 1 heterocycles. The zero-order chi connectivity index (χ0) is 10.8. The number of hydrogen-bond acceptors (Lipinski definition) is 2. The van der Waals surface area contributed by atoms with Gasteiger partial charge < -0.3 is 5.73 Å². The fourth-order valence-corrected chi connectivity index (χ4v) is 1.53. The van der Waals surface area contributed by atoms with Gasteiger partial charge in [0.05, 0.1) is 17.7 Å². The molecule has 0 aliphatic rings. The number of imidazole rings is 1. The summed E-state index contributed by atoms with van der Waals surface area (Å²) in [4.78, 5) is 3.91. The normalized spacial score (nSPS) is 10.6. The Kier molecular flexibility index (Phi) is 2.70. The SMILES string of the molecule is NCc1cncn1-c1cc(Cl)ccc1F. The van der Waals surface area contributed by atoms with Crippen LogP contribution in [0.5, 0.6) is 0 Å². The first-order chi connectivity index (χ1) is 7.22. The molecule has 0 fully saturated rings. The number of rotatable bonds is 2. The first-order valence-corrected chi connectivity index (χ1v) is 4.77. The zero-order valence-electron chi connectivity index (χ0n) is 7.82. The fraction of sp³-hybridized carbons (Fsp3) is 0.100. The highest BCUT2D eigenvalue weighted by Gasteiger charge is 2.08. The number of nitrogens with zero attached hydrogens (tertiary/aromatic N) is 2. The minimum atomic E-state index is -0.355. The van der Waals surface area contributed by atoms with E-state index < -0.39 is 0 Å². The molecule has 0 saturated carbocycles. The molecule has 0 unspecified atom stereocenters. The molecule has 0 spiro atoms. The average molecular weight is 226 g/mol. The highest BCUT2D eigenvalue weighted by molar-refractivity contribution is 6.30. The fourth-order valence-electron chi connectivity index (χ4n) is 1.36. The lowest BCUT2D eigenvalue weighted by molar-refractivity contribution is 0.615. The van der Waals surface area contributed by atoms with Crippen molar-refractivity contribution in [2.24, 2.45) is 5.73 Å². The van der Waals surface area contributed by atoms with Crippen molar-refractivity contribution >= 4 is 11.6 Å². The standard InChI is InChI=1S/C10H9ClFN3/c11-7-1-2-9(12)10(3-7)15-6-14-5-8(15)4-13/h1-3,5-6H,4,13H2. The Balaban J connectivity index is 2.58. The van der Waals surface area contributed by atoms with Crippen molar-refractivity contribution in [3.63, 3.8) is 0 Å². The van der Waals surface area contributed by atoms with E-state index in [1.54, 1.807) is 10.8 Å². The summed E-state index contributed by atoms with van der Waals surface area (Å²) in [6, 6.07) is 4.36. The third-order valence-electron chi connectivity index (χ3n) is 2.09. The molecule has 0 saturated heterocycles. The van der Waals surface area contributed by atoms with Crippen LogP contribution in [0.25, 0.3) is 5.69 Å². The molecule has 78 valence electrons. The van der Waals surface area contributed by atoms with Crippen LogP contribution < -0.4 is 5.73 Å². The summed E-state index contributed by atoms with van der Waals surface area (Å²) < 4.78 is 15.1. The van der Waals surface area contributed by atoms with Gasteiger partial charge in [0.25, 0.3) is 0 Å². The maximum absolute atomic E-state index is 13.5. The maximum Gasteiger partial charge on any atom is 0.147 e. The quantitative estimate of drug-likeness (QED) is 0.851. The molecular weight excluding hydrogens is 217 g/mol. The minimum Gasteiger partial charge on any atom is -0.325 e. The smallest absolute Gasteiger partial charge is 0.147 e. The van der Waals surface area contributed by atoms with Crippen molar-refractivity contribution in [2.75, 3.05) is 0 Å². The zero-order valence-corrected chi connectivity index (χ0v) is 8.58. The van der Waals surface area contributed by atoms with E-state index in [1.165, 1.54) is 24.5 Å². The molecular formula is C10H9ClFN3. The third-order valence-corrected chi connectivity index (χ3v) is 2.33. The van der Waals surface area contributed by atoms with Crippen LogP contribution in [-0.4, -0.2) is 9.55 Å². The highest BCUT2D eigenvalue weighted by Crippen LogP contribution is 2.19. The van der Waals surface area contributed by atoms with Gasteiger partial charge in [-0.1, -0.05) is 11.6 Å². The van der Waals surface area contributed by atoms with Gasteiger partial charge in [0.1, 0.15) is 5.82 Å². The van der Waals surface area contributed by atoms with Crippen molar-refractivity contribution in [1.82, 2.24) is 9.55 Å². The summed E-state index contributed by atoms with van der Waals surface area (Å²) in [5.41, 5.74) is 6.60. The number of aromatic nitrogens is 2. The lowest BCUT2D eigenvalue weighted by Gasteiger charge is -2.07. The van der Waals surface area contributed by atoms with E-state index in [9.17, 15) is 4.39 Å². The summed E-state index contributed by atoms with van der Waals surface area (Å²) in [5, 5.41) is 0.475. The summed E-state index contributed by atoms with van der Waals surface area (Å²) in [7, 11) is 0. The summed E-state index contributed by atoms with van der Waals surface area (Å²) in [6.07, 6.45) is 3.11. The Morgan fingerprint density at radius 3 is 3.00 bits per heavy atom. The molecule has 15 heavy (non-hydrogen) atoms. The number of halogens is 2. The highest BCUT2D eigenvalue weighted by atomic mass is 35.5. The van der Waals surface area contributed by atoms with Crippen molar-refractivity contribution in [3.8, 4) is 5.69 Å². The number of nitrogens with two attached hydrogens (primary N) is 1. The third kappa shape index (κ3) is 1.86. The average Bonchev–Trinajstić information content (AvgIpc) is 2.69. The van der Waals surface area contributed by atoms with Gasteiger partial charge in [-0.3, -0.25) is 4.57 Å². The van der Waals surface area contributed by atoms with E-state index >= 15 is 0 Å². The molecule has 0 atom stereocenters. The van der Waals surface area contributed by atoms with E-state index in [1.807, 2.05) is 0 Å². The van der Waals surface area contributed by atoms with E-state index in [2.05, 4.69) is 4.98 Å². The van der Waals surface area contributed by atoms with Crippen LogP contribution in [0.2, 0.25) is 5.02 Å². The predicted molar refractivity (Wildman–Crippen MR) is 56.4 cm³/mol. The van der Waals surface area contributed by atoms with E-state index in [-0.39, 0.29) is 5.82 Å². The molecule has 2 aromatic rings. The number of hydrogen-bond donors (Lipinski definition) is 1. The minimum absolute atomic E-state index is 0.298. The molecule has 0 aliphatic heterocycles. The van der Waals surface area contributed by atoms with E-state index in [0.717, 1.165) is 5.69 Å². The predicted octanol–water partition coefficient (Wildman–Crippen LogP) is 2.12. The lowest BCUT2D eigenvalue weighted by Crippen LogP contribution is -2.06. The van der Waals surface area contributed by atoms with Gasteiger partial charge in [0, 0.05) is 17.8 Å². The second-order valence-electron chi connectivity index (χ2n) is 3.05. The second kappa shape index (κ2) is 4.00. The maximum atomic E-state index is 13.5. The van der Waals surface area contributed by atoms with Crippen molar-refractivity contribution < 1.29 is 4.39 Å². The Labute approximate surface area is 91.3 Å². The Bertz CT molecular complexity index is 481. The lowest BCUT2D eigenvalue weighted by atomic mass is 10.3. The molecule has 5 heteroatoms. The Morgan fingerprint density at radius 1 is 1.47 bits per heavy atom. The van der Waals surface area contributed by atoms with Gasteiger partial charge in [-0.05, 0) is 18.2 Å². The molecule has 0 aliphatic carbocycles. The van der Waals surface area contributed by atoms with Crippen LogP contribution in [0.4, 0.5) is 4.39 Å². The molecule has 0 amide bonds. The molecule has 3 nitrogen and oxygen atoms in total. The van der Waals surface area contributed by atoms with E-state index in [4.69, 9.17) is 17.3 Å². The van der Waals surface area contributed by atoms with Gasteiger partial charge in [-0.15, -0.1) is 0 Å². The largest absolute Gasteiger partial charge is 0.325 e. The van der Waals surface area contributed by atoms with Crippen molar-refractivity contribution in [2.45, 2.75) is 6.54 Å². The first-order valence-electron chi connectivity index (χ1n) is 4.39. The molecule has 0 bridgehead atoms. The Morgan fingerprint density at radius 2 is 2.27 bits per heavy atom. The van der Waals surface area contributed by atoms with Gasteiger partial charge in [-0.25, -0.2) is 9.37 Å². The van der Waals surface area contributed by atoms with Crippen LogP contribution >= 0.6 is 11.6 Å². The van der Waals surface area contributed by atoms with E-state index in [0.29, 0.717) is 17.3 Å². The Hall–Kier alpha value is -1.39. The van der Waals surface area contributed by atoms with Gasteiger partial charge >= 0.3 is 0 Å². The first kappa shape index (κ1) is 10.1. The van der Waals surface area contributed by atoms with Crippen LogP contribution in [0.15, 0.2) is 30.7 Å². The van der Waals surface area contributed by atoms with Crippen LogP contribution in [0.1, 0.15) is 5.69 Å². The van der Waals surface area contributed by atoms with Crippen LogP contribution in [-0.2, 0) is 6.54 Å². The van der Waals surface area contributed by atoms with Gasteiger partial charge in [-0.2, -0.15) is 0 Å². The number of benzene rings is 1. The second-order valence-corrected chi connectivity index (χ2v) is 3.49. The van der Waals surface area contributed by atoms with Gasteiger partial charge in [0.2, 0.25) is 0 Å². The molecule has 1 aromatic heterocycles. The van der Waals surface area contributed by atoms with Crippen LogP contribution in [0.3, 0.4) is 0 Å². The molecule has 2 rings (SSSR count). The summed E-state index contributed by atoms with van der Waals surface area (Å²) in [5.74, 6) is -0.355. The molecule has 2 N–H and O–H groups in total.